The number of carbonyl (C=O) groups is 1. The van der Waals surface area contributed by atoms with Crippen molar-refractivity contribution in [3.05, 3.63) is 24.3 Å². The van der Waals surface area contributed by atoms with Crippen LogP contribution in [0.1, 0.15) is 32.6 Å². The third-order valence-electron chi connectivity index (χ3n) is 5.05. The second-order valence-corrected chi connectivity index (χ2v) is 7.65. The molecular weight excluding hydrogens is 370 g/mol. The fraction of sp³-hybridized carbons (Fsp3) is 0.682. The second kappa shape index (κ2) is 13.4. The molecule has 7 nitrogen and oxygen atoms in total. The summed E-state index contributed by atoms with van der Waals surface area (Å²) in [5, 5.41) is 2.79. The SMILES string of the molecule is CCCCCCOc1ccc(NC(=O)OC(COC)CN2CCN(C)CC2)cc1. The number of nitrogens with one attached hydrogen (secondary N) is 1. The van der Waals surface area contributed by atoms with Crippen molar-refractivity contribution in [2.75, 3.05) is 65.4 Å². The number of carbonyl (C=O) groups excluding carboxylic acids is 1. The van der Waals surface area contributed by atoms with Crippen LogP contribution in [-0.4, -0.2) is 82.1 Å². The average Bonchev–Trinajstić information content (AvgIpc) is 2.71. The van der Waals surface area contributed by atoms with Crippen molar-refractivity contribution in [2.45, 2.75) is 38.7 Å². The first-order chi connectivity index (χ1) is 14.1. The molecule has 1 amide bonds. The van der Waals surface area contributed by atoms with Gasteiger partial charge < -0.3 is 19.1 Å². The quantitative estimate of drug-likeness (QED) is 0.536. The first-order valence-corrected chi connectivity index (χ1v) is 10.7. The Morgan fingerprint density at radius 3 is 2.48 bits per heavy atom. The molecule has 1 aromatic carbocycles. The molecule has 29 heavy (non-hydrogen) atoms. The van der Waals surface area contributed by atoms with Gasteiger partial charge in [0.2, 0.25) is 0 Å². The third kappa shape index (κ3) is 9.47. The van der Waals surface area contributed by atoms with Crippen LogP contribution in [0.15, 0.2) is 24.3 Å². The van der Waals surface area contributed by atoms with Crippen LogP contribution in [0.4, 0.5) is 10.5 Å². The van der Waals surface area contributed by atoms with E-state index in [1.54, 1.807) is 7.11 Å². The molecule has 1 aliphatic rings. The van der Waals surface area contributed by atoms with E-state index in [0.717, 1.165) is 45.0 Å². The molecular formula is C22H37N3O4. The Bertz CT molecular complexity index is 574. The Labute approximate surface area is 175 Å². The standard InChI is InChI=1S/C22H37N3O4/c1-4-5-6-7-16-28-20-10-8-19(9-11-20)23-22(26)29-21(18-27-3)17-25-14-12-24(2)13-15-25/h8-11,21H,4-7,12-18H2,1-3H3,(H,23,26). The molecule has 0 spiro atoms. The Balaban J connectivity index is 1.74. The number of benzene rings is 1. The first kappa shape index (κ1) is 23.4. The lowest BCUT2D eigenvalue weighted by Gasteiger charge is -2.34. The maximum Gasteiger partial charge on any atom is 0.412 e. The van der Waals surface area contributed by atoms with Gasteiger partial charge in [0.15, 0.2) is 0 Å². The van der Waals surface area contributed by atoms with Gasteiger partial charge in [-0.05, 0) is 37.7 Å². The van der Waals surface area contributed by atoms with Gasteiger partial charge in [-0.25, -0.2) is 4.79 Å². The van der Waals surface area contributed by atoms with E-state index < -0.39 is 6.09 Å². The number of unbranched alkanes of at least 4 members (excludes halogenated alkanes) is 3. The minimum atomic E-state index is -0.464. The first-order valence-electron chi connectivity index (χ1n) is 10.7. The van der Waals surface area contributed by atoms with Crippen molar-refractivity contribution in [1.82, 2.24) is 9.80 Å². The van der Waals surface area contributed by atoms with Crippen LogP contribution in [0.3, 0.4) is 0 Å². The second-order valence-electron chi connectivity index (χ2n) is 7.65. The van der Waals surface area contributed by atoms with Gasteiger partial charge in [0.05, 0.1) is 13.2 Å². The summed E-state index contributed by atoms with van der Waals surface area (Å²) in [6, 6.07) is 7.39. The van der Waals surface area contributed by atoms with Crippen LogP contribution in [-0.2, 0) is 9.47 Å². The number of methoxy groups -OCH3 is 1. The molecule has 1 unspecified atom stereocenters. The van der Waals surface area contributed by atoms with Crippen molar-refractivity contribution in [2.24, 2.45) is 0 Å². The number of anilines is 1. The number of amides is 1. The van der Waals surface area contributed by atoms with Crippen molar-refractivity contribution < 1.29 is 19.0 Å². The zero-order valence-corrected chi connectivity index (χ0v) is 18.2. The molecule has 1 saturated heterocycles. The molecule has 0 bridgehead atoms. The zero-order valence-electron chi connectivity index (χ0n) is 18.2. The van der Waals surface area contributed by atoms with Crippen LogP contribution in [0.5, 0.6) is 5.75 Å². The fourth-order valence-electron chi connectivity index (χ4n) is 3.28. The Morgan fingerprint density at radius 1 is 1.10 bits per heavy atom. The molecule has 0 saturated carbocycles. The molecule has 1 aromatic rings. The summed E-state index contributed by atoms with van der Waals surface area (Å²) < 4.78 is 16.6. The summed E-state index contributed by atoms with van der Waals surface area (Å²) in [6.45, 7) is 7.98. The van der Waals surface area contributed by atoms with E-state index in [1.165, 1.54) is 19.3 Å². The van der Waals surface area contributed by atoms with Crippen molar-refractivity contribution in [3.8, 4) is 5.75 Å². The van der Waals surface area contributed by atoms with Crippen LogP contribution < -0.4 is 10.1 Å². The molecule has 2 rings (SSSR count). The van der Waals surface area contributed by atoms with E-state index in [-0.39, 0.29) is 6.10 Å². The summed E-state index contributed by atoms with van der Waals surface area (Å²) in [5.41, 5.74) is 0.684. The summed E-state index contributed by atoms with van der Waals surface area (Å²) in [7, 11) is 3.75. The van der Waals surface area contributed by atoms with Gasteiger partial charge in [0, 0.05) is 45.5 Å². The Hall–Kier alpha value is -1.83. The van der Waals surface area contributed by atoms with Gasteiger partial charge in [-0.2, -0.15) is 0 Å². The average molecular weight is 408 g/mol. The van der Waals surface area contributed by atoms with Crippen molar-refractivity contribution in [3.63, 3.8) is 0 Å². The molecule has 0 radical (unpaired) electrons. The maximum absolute atomic E-state index is 12.3. The highest BCUT2D eigenvalue weighted by molar-refractivity contribution is 5.84. The number of nitrogens with zero attached hydrogens (tertiary/aromatic N) is 2. The minimum absolute atomic E-state index is 0.297. The molecule has 7 heteroatoms. The zero-order chi connectivity index (χ0) is 20.9. The van der Waals surface area contributed by atoms with Crippen LogP contribution in [0.25, 0.3) is 0 Å². The molecule has 1 heterocycles. The van der Waals surface area contributed by atoms with Gasteiger partial charge in [-0.3, -0.25) is 10.2 Å². The molecule has 164 valence electrons. The molecule has 1 atom stereocenters. The minimum Gasteiger partial charge on any atom is -0.494 e. The predicted molar refractivity (Wildman–Crippen MR) is 116 cm³/mol. The van der Waals surface area contributed by atoms with E-state index in [1.807, 2.05) is 24.3 Å². The maximum atomic E-state index is 12.3. The van der Waals surface area contributed by atoms with Crippen LogP contribution in [0, 0.1) is 0 Å². The van der Waals surface area contributed by atoms with Crippen molar-refractivity contribution in [1.29, 1.82) is 0 Å². The third-order valence-corrected chi connectivity index (χ3v) is 5.05. The molecule has 0 aromatic heterocycles. The highest BCUT2D eigenvalue weighted by Gasteiger charge is 2.21. The lowest BCUT2D eigenvalue weighted by Crippen LogP contribution is -2.48. The number of hydrogen-bond acceptors (Lipinski definition) is 6. The topological polar surface area (TPSA) is 63.3 Å². The van der Waals surface area contributed by atoms with Gasteiger partial charge in [-0.1, -0.05) is 26.2 Å². The summed E-state index contributed by atoms with van der Waals surface area (Å²) >= 11 is 0. The summed E-state index contributed by atoms with van der Waals surface area (Å²) in [6.07, 6.45) is 3.96. The van der Waals surface area contributed by atoms with E-state index in [0.29, 0.717) is 18.8 Å². The van der Waals surface area contributed by atoms with E-state index in [9.17, 15) is 4.79 Å². The van der Waals surface area contributed by atoms with Gasteiger partial charge in [-0.15, -0.1) is 0 Å². The van der Waals surface area contributed by atoms with Gasteiger partial charge in [0.1, 0.15) is 11.9 Å². The number of piperazine rings is 1. The highest BCUT2D eigenvalue weighted by atomic mass is 16.6. The van der Waals surface area contributed by atoms with Gasteiger partial charge >= 0.3 is 6.09 Å². The van der Waals surface area contributed by atoms with E-state index in [2.05, 4.69) is 29.1 Å². The molecule has 1 fully saturated rings. The smallest absolute Gasteiger partial charge is 0.412 e. The fourth-order valence-corrected chi connectivity index (χ4v) is 3.28. The van der Waals surface area contributed by atoms with Crippen LogP contribution >= 0.6 is 0 Å². The molecule has 0 aliphatic carbocycles. The largest absolute Gasteiger partial charge is 0.494 e. The molecule has 1 aliphatic heterocycles. The number of hydrogen-bond donors (Lipinski definition) is 1. The lowest BCUT2D eigenvalue weighted by molar-refractivity contribution is 0.0157. The predicted octanol–water partition coefficient (Wildman–Crippen LogP) is 3.46. The Morgan fingerprint density at radius 2 is 1.83 bits per heavy atom. The summed E-state index contributed by atoms with van der Waals surface area (Å²) in [4.78, 5) is 16.9. The number of ether oxygens (including phenoxy) is 3. The lowest BCUT2D eigenvalue weighted by atomic mass is 10.2. The number of likely N-dealkylation sites (N-methyl/N-ethyl adjacent to an activating group) is 1. The normalized spacial score (nSPS) is 16.4. The highest BCUT2D eigenvalue weighted by Crippen LogP contribution is 2.17. The monoisotopic (exact) mass is 407 g/mol. The van der Waals surface area contributed by atoms with E-state index in [4.69, 9.17) is 14.2 Å². The Kier molecular flexibility index (Phi) is 10.8. The number of rotatable bonds is 12. The molecule has 1 N–H and O–H groups in total. The van der Waals surface area contributed by atoms with Crippen molar-refractivity contribution >= 4 is 11.8 Å². The van der Waals surface area contributed by atoms with Crippen LogP contribution in [0.2, 0.25) is 0 Å². The summed E-state index contributed by atoms with van der Waals surface area (Å²) in [5.74, 6) is 0.813. The van der Waals surface area contributed by atoms with E-state index >= 15 is 0 Å². The van der Waals surface area contributed by atoms with Gasteiger partial charge in [0.25, 0.3) is 0 Å².